The number of thioether (sulfide) groups is 1. The van der Waals surface area contributed by atoms with Crippen LogP contribution in [0.15, 0.2) is 29.2 Å². The average molecular weight is 336 g/mol. The average Bonchev–Trinajstić information content (AvgIpc) is 2.47. The Balaban J connectivity index is 2.26. The van der Waals surface area contributed by atoms with Crippen molar-refractivity contribution in [1.82, 2.24) is 4.31 Å². The molecule has 1 atom stereocenters. The second kappa shape index (κ2) is 6.34. The number of carbonyl (C=O) groups excluding carboxylic acids is 1. The molecule has 0 spiro atoms. The molecule has 1 heterocycles. The fourth-order valence-electron chi connectivity index (χ4n) is 1.91. The topological polar surface area (TPSA) is 63.7 Å². The highest BCUT2D eigenvalue weighted by Gasteiger charge is 2.35. The summed E-state index contributed by atoms with van der Waals surface area (Å²) in [4.78, 5) is 11.6. The van der Waals surface area contributed by atoms with Crippen molar-refractivity contribution in [2.75, 3.05) is 26.0 Å². The zero-order valence-corrected chi connectivity index (χ0v) is 13.2. The third kappa shape index (κ3) is 3.11. The van der Waals surface area contributed by atoms with E-state index in [-0.39, 0.29) is 16.5 Å². The minimum absolute atomic E-state index is 0.0668. The van der Waals surface area contributed by atoms with Crippen molar-refractivity contribution in [3.63, 3.8) is 0 Å². The van der Waals surface area contributed by atoms with Crippen LogP contribution in [0.1, 0.15) is 0 Å². The van der Waals surface area contributed by atoms with Crippen molar-refractivity contribution in [2.45, 2.75) is 10.1 Å². The minimum Gasteiger partial charge on any atom is -0.468 e. The molecule has 0 unspecified atom stereocenters. The number of hydrogen-bond donors (Lipinski definition) is 0. The first-order chi connectivity index (χ1) is 9.46. The molecule has 1 aromatic carbocycles. The first-order valence-electron chi connectivity index (χ1n) is 5.91. The quantitative estimate of drug-likeness (QED) is 0.785. The lowest BCUT2D eigenvalue weighted by atomic mass is 10.4. The van der Waals surface area contributed by atoms with E-state index in [1.54, 1.807) is 12.1 Å². The second-order valence-corrected chi connectivity index (χ2v) is 7.80. The highest BCUT2D eigenvalue weighted by atomic mass is 35.5. The molecule has 1 aliphatic heterocycles. The number of carbonyl (C=O) groups is 1. The number of ether oxygens (including phenoxy) is 1. The minimum atomic E-state index is -3.69. The molecule has 1 aliphatic rings. The molecule has 0 aliphatic carbocycles. The molecular weight excluding hydrogens is 322 g/mol. The van der Waals surface area contributed by atoms with Crippen molar-refractivity contribution in [3.8, 4) is 0 Å². The summed E-state index contributed by atoms with van der Waals surface area (Å²) in [7, 11) is -2.39. The first-order valence-corrected chi connectivity index (χ1v) is 8.77. The third-order valence-electron chi connectivity index (χ3n) is 2.95. The van der Waals surface area contributed by atoms with E-state index in [0.717, 1.165) is 0 Å². The van der Waals surface area contributed by atoms with Crippen LogP contribution in [0.4, 0.5) is 0 Å². The highest BCUT2D eigenvalue weighted by molar-refractivity contribution is 8.00. The Morgan fingerprint density at radius 2 is 2.15 bits per heavy atom. The van der Waals surface area contributed by atoms with Crippen LogP contribution in [0.5, 0.6) is 0 Å². The molecule has 5 nitrogen and oxygen atoms in total. The van der Waals surface area contributed by atoms with Gasteiger partial charge in [-0.2, -0.15) is 4.31 Å². The zero-order chi connectivity index (χ0) is 14.8. The van der Waals surface area contributed by atoms with Crippen molar-refractivity contribution in [2.24, 2.45) is 0 Å². The molecule has 0 N–H and O–H groups in total. The van der Waals surface area contributed by atoms with Crippen molar-refractivity contribution in [1.29, 1.82) is 0 Å². The van der Waals surface area contributed by atoms with Crippen molar-refractivity contribution < 1.29 is 17.9 Å². The maximum atomic E-state index is 12.5. The molecule has 0 amide bonds. The van der Waals surface area contributed by atoms with Gasteiger partial charge < -0.3 is 4.74 Å². The molecule has 0 bridgehead atoms. The van der Waals surface area contributed by atoms with E-state index in [9.17, 15) is 13.2 Å². The van der Waals surface area contributed by atoms with Gasteiger partial charge in [-0.05, 0) is 12.1 Å². The predicted molar refractivity (Wildman–Crippen MR) is 78.5 cm³/mol. The summed E-state index contributed by atoms with van der Waals surface area (Å²) in [5.74, 6) is 0.137. The molecule has 1 saturated heterocycles. The summed E-state index contributed by atoms with van der Waals surface area (Å²) in [6.07, 6.45) is 0. The van der Waals surface area contributed by atoms with Crippen molar-refractivity contribution in [3.05, 3.63) is 29.3 Å². The normalized spacial score (nSPS) is 20.6. The summed E-state index contributed by atoms with van der Waals surface area (Å²) < 4.78 is 31.0. The Bertz CT molecular complexity index is 605. The van der Waals surface area contributed by atoms with Gasteiger partial charge in [-0.15, -0.1) is 11.8 Å². The molecule has 1 fully saturated rings. The van der Waals surface area contributed by atoms with Gasteiger partial charge in [0.25, 0.3) is 0 Å². The number of benzene rings is 1. The van der Waals surface area contributed by atoms with Crippen LogP contribution in [0.25, 0.3) is 0 Å². The van der Waals surface area contributed by atoms with Gasteiger partial charge in [0.15, 0.2) is 0 Å². The van der Waals surface area contributed by atoms with Gasteiger partial charge >= 0.3 is 5.97 Å². The second-order valence-electron chi connectivity index (χ2n) is 4.18. The van der Waals surface area contributed by atoms with E-state index < -0.39 is 21.2 Å². The van der Waals surface area contributed by atoms with Gasteiger partial charge in [0.05, 0.1) is 12.1 Å². The maximum absolute atomic E-state index is 12.5. The Morgan fingerprint density at radius 1 is 1.45 bits per heavy atom. The van der Waals surface area contributed by atoms with Gasteiger partial charge in [-0.25, -0.2) is 8.42 Å². The zero-order valence-electron chi connectivity index (χ0n) is 10.8. The summed E-state index contributed by atoms with van der Waals surface area (Å²) >= 11 is 7.35. The van der Waals surface area contributed by atoms with Crippen molar-refractivity contribution >= 4 is 39.4 Å². The Kier molecular flexibility index (Phi) is 4.95. The summed E-state index contributed by atoms with van der Waals surface area (Å²) in [6, 6.07) is 6.29. The van der Waals surface area contributed by atoms with E-state index >= 15 is 0 Å². The number of nitrogens with zero attached hydrogens (tertiary/aromatic N) is 1. The predicted octanol–water partition coefficient (Wildman–Crippen LogP) is 1.62. The van der Waals surface area contributed by atoms with Crippen LogP contribution in [-0.4, -0.2) is 49.9 Å². The largest absolute Gasteiger partial charge is 0.468 e. The molecule has 110 valence electrons. The van der Waals surface area contributed by atoms with E-state index in [2.05, 4.69) is 4.74 Å². The molecule has 0 aromatic heterocycles. The van der Waals surface area contributed by atoms with Gasteiger partial charge in [-0.1, -0.05) is 23.7 Å². The Labute approximate surface area is 127 Å². The van der Waals surface area contributed by atoms with Crippen LogP contribution in [0, 0.1) is 0 Å². The van der Waals surface area contributed by atoms with E-state index in [1.807, 2.05) is 0 Å². The first kappa shape index (κ1) is 15.6. The Hall–Kier alpha value is -0.760. The SMILES string of the molecule is COC(=O)[C@H]1CN(S(=O)(=O)c2ccccc2Cl)CCS1. The smallest absolute Gasteiger partial charge is 0.320 e. The van der Waals surface area contributed by atoms with E-state index in [1.165, 1.54) is 35.3 Å². The lowest BCUT2D eigenvalue weighted by Gasteiger charge is -2.30. The van der Waals surface area contributed by atoms with E-state index in [4.69, 9.17) is 11.6 Å². The number of rotatable bonds is 3. The van der Waals surface area contributed by atoms with Gasteiger partial charge in [-0.3, -0.25) is 4.79 Å². The lowest BCUT2D eigenvalue weighted by molar-refractivity contribution is -0.140. The lowest BCUT2D eigenvalue weighted by Crippen LogP contribution is -2.44. The molecule has 0 radical (unpaired) electrons. The number of esters is 1. The van der Waals surface area contributed by atoms with Gasteiger partial charge in [0.1, 0.15) is 10.1 Å². The maximum Gasteiger partial charge on any atom is 0.320 e. The number of sulfonamides is 1. The van der Waals surface area contributed by atoms with Crippen LogP contribution in [0.3, 0.4) is 0 Å². The van der Waals surface area contributed by atoms with Crippen LogP contribution in [0.2, 0.25) is 5.02 Å². The van der Waals surface area contributed by atoms with Gasteiger partial charge in [0, 0.05) is 18.8 Å². The number of methoxy groups -OCH3 is 1. The fraction of sp³-hybridized carbons (Fsp3) is 0.417. The Morgan fingerprint density at radius 3 is 2.80 bits per heavy atom. The number of hydrogen-bond acceptors (Lipinski definition) is 5. The molecule has 20 heavy (non-hydrogen) atoms. The van der Waals surface area contributed by atoms with Crippen LogP contribution >= 0.6 is 23.4 Å². The van der Waals surface area contributed by atoms with Crippen LogP contribution in [-0.2, 0) is 19.6 Å². The number of halogens is 1. The van der Waals surface area contributed by atoms with Gasteiger partial charge in [0.2, 0.25) is 10.0 Å². The standard InChI is InChI=1S/C12H14ClNO4S2/c1-18-12(15)10-8-14(6-7-19-10)20(16,17)11-5-3-2-4-9(11)13/h2-5,10H,6-8H2,1H3/t10-/m1/s1. The summed E-state index contributed by atoms with van der Waals surface area (Å²) in [5.41, 5.74) is 0. The molecule has 2 rings (SSSR count). The van der Waals surface area contributed by atoms with E-state index in [0.29, 0.717) is 12.3 Å². The monoisotopic (exact) mass is 335 g/mol. The summed E-state index contributed by atoms with van der Waals surface area (Å²) in [6.45, 7) is 0.455. The highest BCUT2D eigenvalue weighted by Crippen LogP contribution is 2.28. The molecule has 1 aromatic rings. The molecule has 0 saturated carbocycles. The molecular formula is C12H14ClNO4S2. The third-order valence-corrected chi connectivity index (χ3v) is 6.47. The van der Waals surface area contributed by atoms with Crippen LogP contribution < -0.4 is 0 Å². The molecule has 8 heteroatoms. The fourth-order valence-corrected chi connectivity index (χ4v) is 5.20. The summed E-state index contributed by atoms with van der Waals surface area (Å²) in [5, 5.41) is -0.314.